The number of para-hydroxylation sites is 1. The van der Waals surface area contributed by atoms with Crippen LogP contribution < -0.4 is 19.6 Å². The zero-order valence-corrected chi connectivity index (χ0v) is 19.6. The third-order valence-corrected chi connectivity index (χ3v) is 4.80. The van der Waals surface area contributed by atoms with Gasteiger partial charge < -0.3 is 14.2 Å². The van der Waals surface area contributed by atoms with Gasteiger partial charge >= 0.3 is 17.6 Å². The average Bonchev–Trinajstić information content (AvgIpc) is 2.84. The van der Waals surface area contributed by atoms with Gasteiger partial charge in [0.25, 0.3) is 5.91 Å². The summed E-state index contributed by atoms with van der Waals surface area (Å²) in [6.07, 6.45) is 1.10. The fourth-order valence-corrected chi connectivity index (χ4v) is 3.04. The van der Waals surface area contributed by atoms with Crippen molar-refractivity contribution in [2.45, 2.75) is 6.92 Å². The predicted octanol–water partition coefficient (Wildman–Crippen LogP) is 4.17. The normalized spacial score (nSPS) is 10.5. The molecule has 3 aromatic rings. The van der Waals surface area contributed by atoms with E-state index in [1.54, 1.807) is 0 Å². The van der Waals surface area contributed by atoms with E-state index in [4.69, 9.17) is 25.8 Å². The van der Waals surface area contributed by atoms with Gasteiger partial charge in [0.2, 0.25) is 5.75 Å². The highest BCUT2D eigenvalue weighted by atomic mass is 35.5. The van der Waals surface area contributed by atoms with E-state index in [1.165, 1.54) is 68.6 Å². The molecule has 3 aromatic carbocycles. The molecule has 0 atom stereocenters. The summed E-state index contributed by atoms with van der Waals surface area (Å²) in [5.74, 6) is -2.32. The highest BCUT2D eigenvalue weighted by Gasteiger charge is 2.23. The van der Waals surface area contributed by atoms with Crippen LogP contribution in [-0.2, 0) is 4.79 Å². The van der Waals surface area contributed by atoms with E-state index in [9.17, 15) is 24.5 Å². The van der Waals surface area contributed by atoms with Crippen molar-refractivity contribution in [3.8, 4) is 17.2 Å². The Morgan fingerprint density at radius 3 is 2.33 bits per heavy atom. The molecule has 0 unspecified atom stereocenters. The summed E-state index contributed by atoms with van der Waals surface area (Å²) in [5, 5.41) is 15.8. The van der Waals surface area contributed by atoms with Gasteiger partial charge in [0.1, 0.15) is 0 Å². The van der Waals surface area contributed by atoms with Gasteiger partial charge in [-0.3, -0.25) is 19.7 Å². The third-order valence-electron chi connectivity index (χ3n) is 4.55. The summed E-state index contributed by atoms with van der Waals surface area (Å²) in [4.78, 5) is 47.1. The van der Waals surface area contributed by atoms with Crippen LogP contribution in [0, 0.1) is 10.1 Å². The van der Waals surface area contributed by atoms with E-state index in [0.717, 1.165) is 12.3 Å². The lowest BCUT2D eigenvalue weighted by molar-refractivity contribution is -0.385. The number of methoxy groups -OCH3 is 1. The van der Waals surface area contributed by atoms with E-state index in [2.05, 4.69) is 10.5 Å². The number of carbonyl (C=O) groups is 3. The minimum atomic E-state index is -0.947. The molecule has 12 heteroatoms. The molecule has 184 valence electrons. The maximum absolute atomic E-state index is 12.8. The van der Waals surface area contributed by atoms with Crippen molar-refractivity contribution in [3.05, 3.63) is 92.5 Å². The number of ether oxygens (including phenoxy) is 3. The third kappa shape index (κ3) is 6.42. The zero-order valence-electron chi connectivity index (χ0n) is 18.9. The number of nitrogens with one attached hydrogen (secondary N) is 1. The highest BCUT2D eigenvalue weighted by Crippen LogP contribution is 2.32. The van der Waals surface area contributed by atoms with E-state index >= 15 is 0 Å². The van der Waals surface area contributed by atoms with Gasteiger partial charge in [-0.05, 0) is 48.5 Å². The largest absolute Gasteiger partial charge is 0.493 e. The number of nitro benzene ring substituents is 1. The molecular formula is C24H18ClN3O8. The van der Waals surface area contributed by atoms with Crippen molar-refractivity contribution in [2.75, 3.05) is 7.11 Å². The Balaban J connectivity index is 1.86. The van der Waals surface area contributed by atoms with Crippen LogP contribution in [0.15, 0.2) is 65.8 Å². The van der Waals surface area contributed by atoms with Crippen molar-refractivity contribution >= 4 is 41.3 Å². The molecule has 0 spiro atoms. The topological polar surface area (TPSA) is 146 Å². The van der Waals surface area contributed by atoms with Gasteiger partial charge in [0, 0.05) is 29.1 Å². The van der Waals surface area contributed by atoms with E-state index in [1.807, 2.05) is 0 Å². The molecule has 36 heavy (non-hydrogen) atoms. The van der Waals surface area contributed by atoms with Gasteiger partial charge in [-0.15, -0.1) is 0 Å². The Morgan fingerprint density at radius 1 is 1.00 bits per heavy atom. The molecule has 1 amide bonds. The van der Waals surface area contributed by atoms with Crippen LogP contribution in [0.2, 0.25) is 5.02 Å². The predicted molar refractivity (Wildman–Crippen MR) is 129 cm³/mol. The Bertz CT molecular complexity index is 1360. The number of nitrogens with zero attached hydrogens (tertiary/aromatic N) is 2. The summed E-state index contributed by atoms with van der Waals surface area (Å²) in [6, 6.07) is 13.9. The smallest absolute Gasteiger partial charge is 0.343 e. The van der Waals surface area contributed by atoms with Crippen LogP contribution in [0.4, 0.5) is 5.69 Å². The quantitative estimate of drug-likeness (QED) is 0.156. The first-order valence-electron chi connectivity index (χ1n) is 10.1. The SMILES string of the molecule is COc1cc(C(=O)Oc2c(/C=N/NC(=O)c3ccc(Cl)cc3)cccc2[N+](=O)[O-])ccc1OC(C)=O. The lowest BCUT2D eigenvalue weighted by Crippen LogP contribution is -2.17. The molecule has 11 nitrogen and oxygen atoms in total. The Kier molecular flexibility index (Phi) is 8.31. The molecule has 0 saturated heterocycles. The Hall–Kier alpha value is -4.77. The van der Waals surface area contributed by atoms with Gasteiger partial charge in [0.05, 0.1) is 23.8 Å². The second-order valence-corrected chi connectivity index (χ2v) is 7.44. The number of benzene rings is 3. The van der Waals surface area contributed by atoms with Crippen molar-refractivity contribution < 1.29 is 33.5 Å². The molecule has 3 rings (SSSR count). The number of hydrazone groups is 1. The van der Waals surface area contributed by atoms with Gasteiger partial charge in [0.15, 0.2) is 11.5 Å². The van der Waals surface area contributed by atoms with Gasteiger partial charge in [-0.25, -0.2) is 10.2 Å². The van der Waals surface area contributed by atoms with E-state index in [-0.39, 0.29) is 33.9 Å². The summed E-state index contributed by atoms with van der Waals surface area (Å²) >= 11 is 5.80. The Morgan fingerprint density at radius 2 is 1.69 bits per heavy atom. The number of hydrogen-bond donors (Lipinski definition) is 1. The summed E-state index contributed by atoms with van der Waals surface area (Å²) in [7, 11) is 1.31. The fraction of sp³-hybridized carbons (Fsp3) is 0.0833. The number of carbonyl (C=O) groups excluding carboxylic acids is 3. The number of hydrogen-bond acceptors (Lipinski definition) is 9. The first kappa shape index (κ1) is 25.8. The van der Waals surface area contributed by atoms with Crippen LogP contribution in [0.5, 0.6) is 17.2 Å². The minimum Gasteiger partial charge on any atom is -0.493 e. The van der Waals surface area contributed by atoms with Gasteiger partial charge in [-0.1, -0.05) is 17.7 Å². The van der Waals surface area contributed by atoms with Crippen molar-refractivity contribution in [2.24, 2.45) is 5.10 Å². The lowest BCUT2D eigenvalue weighted by Gasteiger charge is -2.11. The zero-order chi connectivity index (χ0) is 26.2. The molecule has 0 aliphatic rings. The molecule has 0 fully saturated rings. The second-order valence-electron chi connectivity index (χ2n) is 7.01. The molecule has 0 heterocycles. The molecule has 0 radical (unpaired) electrons. The van der Waals surface area contributed by atoms with Crippen LogP contribution in [0.1, 0.15) is 33.2 Å². The summed E-state index contributed by atoms with van der Waals surface area (Å²) in [5.41, 5.74) is 2.09. The highest BCUT2D eigenvalue weighted by molar-refractivity contribution is 6.30. The van der Waals surface area contributed by atoms with Crippen LogP contribution in [0.25, 0.3) is 0 Å². The van der Waals surface area contributed by atoms with Crippen LogP contribution in [-0.4, -0.2) is 36.1 Å². The molecule has 0 aliphatic heterocycles. The molecule has 0 aliphatic carbocycles. The molecular weight excluding hydrogens is 494 g/mol. The Labute approximate surface area is 209 Å². The molecule has 1 N–H and O–H groups in total. The average molecular weight is 512 g/mol. The van der Waals surface area contributed by atoms with Crippen molar-refractivity contribution in [1.29, 1.82) is 0 Å². The lowest BCUT2D eigenvalue weighted by atomic mass is 10.1. The number of rotatable bonds is 8. The maximum Gasteiger partial charge on any atom is 0.343 e. The fourth-order valence-electron chi connectivity index (χ4n) is 2.91. The van der Waals surface area contributed by atoms with E-state index in [0.29, 0.717) is 5.02 Å². The summed E-state index contributed by atoms with van der Waals surface area (Å²) in [6.45, 7) is 1.21. The van der Waals surface area contributed by atoms with Gasteiger partial charge in [-0.2, -0.15) is 5.10 Å². The van der Waals surface area contributed by atoms with Crippen LogP contribution in [0.3, 0.4) is 0 Å². The standard InChI is InChI=1S/C24H18ClN3O8/c1-14(29)35-20-11-8-16(12-21(20)34-2)24(31)36-22-17(4-3-5-19(22)28(32)33)13-26-27-23(30)15-6-9-18(25)10-7-15/h3-13H,1-2H3,(H,27,30)/b26-13+. The van der Waals surface area contributed by atoms with Crippen LogP contribution >= 0.6 is 11.6 Å². The molecule has 0 saturated carbocycles. The first-order chi connectivity index (χ1) is 17.2. The van der Waals surface area contributed by atoms with Crippen molar-refractivity contribution in [3.63, 3.8) is 0 Å². The second kappa shape index (κ2) is 11.6. The number of nitro groups is 1. The number of esters is 2. The molecule has 0 aromatic heterocycles. The van der Waals surface area contributed by atoms with Crippen molar-refractivity contribution in [1.82, 2.24) is 5.43 Å². The molecule has 0 bridgehead atoms. The first-order valence-corrected chi connectivity index (χ1v) is 10.5. The summed E-state index contributed by atoms with van der Waals surface area (Å²) < 4.78 is 15.5. The number of halogens is 1. The number of amides is 1. The maximum atomic E-state index is 12.8. The monoisotopic (exact) mass is 511 g/mol. The van der Waals surface area contributed by atoms with E-state index < -0.39 is 28.5 Å². The minimum absolute atomic E-state index is 0.0279.